The summed E-state index contributed by atoms with van der Waals surface area (Å²) in [6, 6.07) is 10.5. The Bertz CT molecular complexity index is 1170. The quantitative estimate of drug-likeness (QED) is 0.575. The van der Waals surface area contributed by atoms with Crippen molar-refractivity contribution >= 4 is 23.2 Å². The number of nitrogens with one attached hydrogen (secondary N) is 1. The van der Waals surface area contributed by atoms with Crippen molar-refractivity contribution in [2.45, 2.75) is 26.1 Å². The van der Waals surface area contributed by atoms with Crippen LogP contribution in [0.2, 0.25) is 5.02 Å². The molecule has 0 bridgehead atoms. The number of amides is 1. The second kappa shape index (κ2) is 9.54. The molecule has 1 heterocycles. The van der Waals surface area contributed by atoms with Crippen LogP contribution in [0.15, 0.2) is 53.3 Å². The molecule has 0 atom stereocenters. The Morgan fingerprint density at radius 3 is 2.31 bits per heavy atom. The van der Waals surface area contributed by atoms with Crippen LogP contribution in [0.25, 0.3) is 11.4 Å². The number of rotatable bonds is 6. The lowest BCUT2D eigenvalue weighted by atomic mass is 10.1. The molecular weight excluding hydrogens is 447 g/mol. The van der Waals surface area contributed by atoms with Crippen LogP contribution in [0.5, 0.6) is 0 Å². The average molecular weight is 466 g/mol. The Labute approximate surface area is 186 Å². The van der Waals surface area contributed by atoms with Gasteiger partial charge < -0.3 is 10.4 Å². The van der Waals surface area contributed by atoms with E-state index < -0.39 is 29.8 Å². The Hall–Kier alpha value is -3.17. The van der Waals surface area contributed by atoms with Crippen molar-refractivity contribution < 1.29 is 23.1 Å². The summed E-state index contributed by atoms with van der Waals surface area (Å²) in [4.78, 5) is 30.1. The van der Waals surface area contributed by atoms with Crippen LogP contribution in [0.4, 0.5) is 18.9 Å². The highest BCUT2D eigenvalue weighted by atomic mass is 35.5. The monoisotopic (exact) mass is 465 g/mol. The highest BCUT2D eigenvalue weighted by Gasteiger charge is 2.30. The highest BCUT2D eigenvalue weighted by molar-refractivity contribution is 6.30. The molecule has 2 aromatic carbocycles. The fourth-order valence-electron chi connectivity index (χ4n) is 3.15. The molecule has 3 aromatic rings. The molecule has 0 radical (unpaired) electrons. The number of anilines is 1. The van der Waals surface area contributed by atoms with E-state index >= 15 is 0 Å². The van der Waals surface area contributed by atoms with E-state index in [1.807, 2.05) is 0 Å². The van der Waals surface area contributed by atoms with Crippen LogP contribution < -0.4 is 10.9 Å². The van der Waals surface area contributed by atoms with Gasteiger partial charge in [0.1, 0.15) is 12.4 Å². The maximum absolute atomic E-state index is 13.1. The Balaban J connectivity index is 1.94. The molecule has 0 saturated carbocycles. The molecule has 0 unspecified atom stereocenters. The first kappa shape index (κ1) is 23.5. The number of carbonyl (C=O) groups excluding carboxylic acids is 1. The van der Waals surface area contributed by atoms with Crippen molar-refractivity contribution in [3.63, 3.8) is 0 Å². The summed E-state index contributed by atoms with van der Waals surface area (Å²) in [6.07, 6.45) is -4.42. The Morgan fingerprint density at radius 1 is 1.12 bits per heavy atom. The fraction of sp³-hybridized carbons (Fsp3) is 0.227. The molecule has 1 amide bonds. The zero-order valence-electron chi connectivity index (χ0n) is 16.9. The maximum atomic E-state index is 13.1. The number of hydrogen-bond donors (Lipinski definition) is 2. The second-order valence-electron chi connectivity index (χ2n) is 6.99. The van der Waals surface area contributed by atoms with Gasteiger partial charge in [0.25, 0.3) is 5.56 Å². The standard InChI is InChI=1S/C22H19ClF3N3O3/c1-13-18(10-11-30)21(32)29(20(27-13)14-2-6-16(23)7-3-14)12-19(31)28-17-8-4-15(5-9-17)22(24,25)26/h2-9,30H,10-12H2,1H3,(H,28,31). The van der Waals surface area contributed by atoms with Crippen LogP contribution >= 0.6 is 11.6 Å². The van der Waals surface area contributed by atoms with Crippen molar-refractivity contribution in [2.75, 3.05) is 11.9 Å². The number of hydrogen-bond acceptors (Lipinski definition) is 4. The molecule has 6 nitrogen and oxygen atoms in total. The van der Waals surface area contributed by atoms with E-state index in [2.05, 4.69) is 10.3 Å². The zero-order chi connectivity index (χ0) is 23.5. The molecule has 168 valence electrons. The van der Waals surface area contributed by atoms with Crippen molar-refractivity contribution in [1.82, 2.24) is 9.55 Å². The summed E-state index contributed by atoms with van der Waals surface area (Å²) in [7, 11) is 0. The number of aryl methyl sites for hydroxylation is 1. The molecule has 0 fully saturated rings. The van der Waals surface area contributed by atoms with E-state index in [9.17, 15) is 27.9 Å². The first-order chi connectivity index (χ1) is 15.1. The molecule has 0 spiro atoms. The van der Waals surface area contributed by atoms with Gasteiger partial charge in [-0.05, 0) is 55.5 Å². The molecule has 0 aliphatic heterocycles. The maximum Gasteiger partial charge on any atom is 0.416 e. The lowest BCUT2D eigenvalue weighted by molar-refractivity contribution is -0.137. The van der Waals surface area contributed by atoms with E-state index in [4.69, 9.17) is 11.6 Å². The van der Waals surface area contributed by atoms with Gasteiger partial charge in [-0.25, -0.2) is 4.98 Å². The largest absolute Gasteiger partial charge is 0.416 e. The zero-order valence-corrected chi connectivity index (χ0v) is 17.7. The fourth-order valence-corrected chi connectivity index (χ4v) is 3.28. The minimum absolute atomic E-state index is 0.0685. The molecule has 0 saturated heterocycles. The molecule has 10 heteroatoms. The third-order valence-electron chi connectivity index (χ3n) is 4.73. The van der Waals surface area contributed by atoms with E-state index in [0.717, 1.165) is 24.3 Å². The van der Waals surface area contributed by atoms with Gasteiger partial charge in [0.05, 0.1) is 5.56 Å². The summed E-state index contributed by atoms with van der Waals surface area (Å²) < 4.78 is 39.3. The van der Waals surface area contributed by atoms with Crippen LogP contribution in [0.1, 0.15) is 16.8 Å². The molecule has 32 heavy (non-hydrogen) atoms. The highest BCUT2D eigenvalue weighted by Crippen LogP contribution is 2.29. The average Bonchev–Trinajstić information content (AvgIpc) is 2.73. The van der Waals surface area contributed by atoms with Gasteiger partial charge >= 0.3 is 6.18 Å². The Kier molecular flexibility index (Phi) is 7.00. The van der Waals surface area contributed by atoms with Crippen LogP contribution in [0.3, 0.4) is 0 Å². The summed E-state index contributed by atoms with van der Waals surface area (Å²) in [5.41, 5.74) is 0.0698. The van der Waals surface area contributed by atoms with Gasteiger partial charge in [-0.3, -0.25) is 14.2 Å². The predicted octanol–water partition coefficient (Wildman–Crippen LogP) is 4.06. The minimum Gasteiger partial charge on any atom is -0.396 e. The van der Waals surface area contributed by atoms with Crippen LogP contribution in [-0.4, -0.2) is 27.2 Å². The molecule has 0 aliphatic carbocycles. The second-order valence-corrected chi connectivity index (χ2v) is 7.43. The molecule has 3 rings (SSSR count). The van der Waals surface area contributed by atoms with Crippen molar-refractivity contribution in [3.05, 3.63) is 80.7 Å². The number of aliphatic hydroxyl groups is 1. The van der Waals surface area contributed by atoms with E-state index in [1.165, 1.54) is 4.57 Å². The van der Waals surface area contributed by atoms with E-state index in [1.54, 1.807) is 31.2 Å². The first-order valence-corrected chi connectivity index (χ1v) is 9.92. The van der Waals surface area contributed by atoms with Crippen molar-refractivity contribution in [2.24, 2.45) is 0 Å². The molecular formula is C22H19ClF3N3O3. The summed E-state index contributed by atoms with van der Waals surface area (Å²) >= 11 is 5.93. The van der Waals surface area contributed by atoms with Crippen LogP contribution in [-0.2, 0) is 23.9 Å². The molecule has 1 aromatic heterocycles. The SMILES string of the molecule is Cc1nc(-c2ccc(Cl)cc2)n(CC(=O)Nc2ccc(C(F)(F)F)cc2)c(=O)c1CCO. The summed E-state index contributed by atoms with van der Waals surface area (Å²) in [6.45, 7) is 0.942. The third-order valence-corrected chi connectivity index (χ3v) is 4.98. The summed E-state index contributed by atoms with van der Waals surface area (Å²) in [5, 5.41) is 12.3. The number of nitrogens with zero attached hydrogens (tertiary/aromatic N) is 2. The minimum atomic E-state index is -4.49. The first-order valence-electron chi connectivity index (χ1n) is 9.54. The number of halogens is 4. The number of carbonyl (C=O) groups is 1. The van der Waals surface area contributed by atoms with E-state index in [-0.39, 0.29) is 30.1 Å². The van der Waals surface area contributed by atoms with Gasteiger partial charge in [-0.2, -0.15) is 13.2 Å². The van der Waals surface area contributed by atoms with E-state index in [0.29, 0.717) is 16.3 Å². The predicted molar refractivity (Wildman–Crippen MR) is 115 cm³/mol. The molecule has 0 aliphatic rings. The Morgan fingerprint density at radius 2 is 1.75 bits per heavy atom. The normalized spacial score (nSPS) is 11.4. The lowest BCUT2D eigenvalue weighted by Crippen LogP contribution is -2.33. The molecule has 2 N–H and O–H groups in total. The van der Waals surface area contributed by atoms with Gasteiger partial charge in [-0.15, -0.1) is 0 Å². The van der Waals surface area contributed by atoms with Gasteiger partial charge in [-0.1, -0.05) is 11.6 Å². The van der Waals surface area contributed by atoms with Crippen LogP contribution in [0, 0.1) is 6.92 Å². The lowest BCUT2D eigenvalue weighted by Gasteiger charge is -2.16. The smallest absolute Gasteiger partial charge is 0.396 e. The number of alkyl halides is 3. The topological polar surface area (TPSA) is 84.2 Å². The van der Waals surface area contributed by atoms with Gasteiger partial charge in [0.15, 0.2) is 0 Å². The third kappa shape index (κ3) is 5.35. The van der Waals surface area contributed by atoms with Gasteiger partial charge in [0, 0.05) is 40.6 Å². The summed E-state index contributed by atoms with van der Waals surface area (Å²) in [5.74, 6) is -0.393. The van der Waals surface area contributed by atoms with Gasteiger partial charge in [0.2, 0.25) is 5.91 Å². The van der Waals surface area contributed by atoms with Crippen molar-refractivity contribution in [3.8, 4) is 11.4 Å². The number of aromatic nitrogens is 2. The number of benzene rings is 2. The van der Waals surface area contributed by atoms with Crippen molar-refractivity contribution in [1.29, 1.82) is 0 Å². The number of aliphatic hydroxyl groups excluding tert-OH is 1.